The minimum Gasteiger partial charge on any atom is -0.351 e. The van der Waals surface area contributed by atoms with E-state index in [1.165, 1.54) is 29.0 Å². The molecule has 0 saturated carbocycles. The first kappa shape index (κ1) is 19.3. The van der Waals surface area contributed by atoms with E-state index in [0.717, 1.165) is 16.7 Å². The van der Waals surface area contributed by atoms with Gasteiger partial charge in [0.05, 0.1) is 9.77 Å². The van der Waals surface area contributed by atoms with Crippen LogP contribution < -0.4 is 10.5 Å². The Morgan fingerprint density at radius 2 is 1.70 bits per heavy atom. The van der Waals surface area contributed by atoms with E-state index in [1.54, 1.807) is 12.1 Å². The molecule has 140 valence electrons. The van der Waals surface area contributed by atoms with Gasteiger partial charge in [0.15, 0.2) is 0 Å². The molecule has 1 amide bonds. The summed E-state index contributed by atoms with van der Waals surface area (Å²) in [6, 6.07) is 16.4. The molecular formula is C20H20N2O3S2. The molecule has 0 fully saturated rings. The monoisotopic (exact) mass is 400 g/mol. The normalized spacial score (nSPS) is 11.3. The molecule has 3 N–H and O–H groups in total. The van der Waals surface area contributed by atoms with Crippen molar-refractivity contribution in [3.05, 3.63) is 76.0 Å². The SMILES string of the molecule is Cc1ccc(-c2ccsc2C(=O)NCCc2ccc(S(N)(=O)=O)cc2)cc1. The number of carbonyl (C=O) groups is 1. The summed E-state index contributed by atoms with van der Waals surface area (Å²) in [7, 11) is -3.69. The summed E-state index contributed by atoms with van der Waals surface area (Å²) in [5.41, 5.74) is 4.04. The van der Waals surface area contributed by atoms with Crippen molar-refractivity contribution >= 4 is 27.3 Å². The highest BCUT2D eigenvalue weighted by Crippen LogP contribution is 2.28. The van der Waals surface area contributed by atoms with Crippen LogP contribution in [0.4, 0.5) is 0 Å². The van der Waals surface area contributed by atoms with Crippen molar-refractivity contribution in [3.8, 4) is 11.1 Å². The minimum absolute atomic E-state index is 0.0802. The lowest BCUT2D eigenvalue weighted by Crippen LogP contribution is -2.25. The maximum Gasteiger partial charge on any atom is 0.261 e. The quantitative estimate of drug-likeness (QED) is 0.665. The predicted molar refractivity (Wildman–Crippen MR) is 108 cm³/mol. The molecule has 5 nitrogen and oxygen atoms in total. The Bertz CT molecular complexity index is 1040. The Kier molecular flexibility index (Phi) is 5.74. The minimum atomic E-state index is -3.69. The van der Waals surface area contributed by atoms with Crippen LogP contribution in [0.25, 0.3) is 11.1 Å². The van der Waals surface area contributed by atoms with Gasteiger partial charge in [0, 0.05) is 12.1 Å². The molecule has 0 aliphatic carbocycles. The molecule has 0 spiro atoms. The maximum atomic E-state index is 12.5. The van der Waals surface area contributed by atoms with E-state index in [0.29, 0.717) is 17.8 Å². The zero-order valence-corrected chi connectivity index (χ0v) is 16.4. The molecule has 1 heterocycles. The Morgan fingerprint density at radius 1 is 1.04 bits per heavy atom. The number of primary sulfonamides is 1. The van der Waals surface area contributed by atoms with Crippen molar-refractivity contribution in [2.24, 2.45) is 5.14 Å². The molecule has 27 heavy (non-hydrogen) atoms. The van der Waals surface area contributed by atoms with Gasteiger partial charge in [-0.15, -0.1) is 11.3 Å². The molecule has 0 aliphatic rings. The largest absolute Gasteiger partial charge is 0.351 e. The molecule has 7 heteroatoms. The van der Waals surface area contributed by atoms with Gasteiger partial charge < -0.3 is 5.32 Å². The van der Waals surface area contributed by atoms with Gasteiger partial charge in [0.25, 0.3) is 5.91 Å². The lowest BCUT2D eigenvalue weighted by Gasteiger charge is -2.07. The number of rotatable bonds is 6. The Hall–Kier alpha value is -2.48. The first-order chi connectivity index (χ1) is 12.8. The topological polar surface area (TPSA) is 89.3 Å². The molecule has 0 atom stereocenters. The van der Waals surface area contributed by atoms with Gasteiger partial charge in [0.1, 0.15) is 0 Å². The molecule has 0 aliphatic heterocycles. The fourth-order valence-electron chi connectivity index (χ4n) is 2.69. The second kappa shape index (κ2) is 8.04. The fraction of sp³-hybridized carbons (Fsp3) is 0.150. The van der Waals surface area contributed by atoms with Crippen LogP contribution in [-0.4, -0.2) is 20.9 Å². The van der Waals surface area contributed by atoms with Gasteiger partial charge in [0.2, 0.25) is 10.0 Å². The number of amides is 1. The lowest BCUT2D eigenvalue weighted by atomic mass is 10.0. The second-order valence-corrected chi connectivity index (χ2v) is 8.70. The summed E-state index contributed by atoms with van der Waals surface area (Å²) in [5.74, 6) is -0.110. The van der Waals surface area contributed by atoms with Crippen molar-refractivity contribution in [1.29, 1.82) is 0 Å². The van der Waals surface area contributed by atoms with Crippen molar-refractivity contribution in [2.75, 3.05) is 6.54 Å². The van der Waals surface area contributed by atoms with Gasteiger partial charge >= 0.3 is 0 Å². The van der Waals surface area contributed by atoms with E-state index in [4.69, 9.17) is 5.14 Å². The average molecular weight is 401 g/mol. The van der Waals surface area contributed by atoms with Crippen LogP contribution in [0.2, 0.25) is 0 Å². The number of hydrogen-bond donors (Lipinski definition) is 2. The number of sulfonamides is 1. The Balaban J connectivity index is 1.62. The molecule has 0 radical (unpaired) electrons. The predicted octanol–water partition coefficient (Wildman–Crippen LogP) is 3.34. The highest BCUT2D eigenvalue weighted by Gasteiger charge is 2.14. The molecule has 0 unspecified atom stereocenters. The highest BCUT2D eigenvalue weighted by molar-refractivity contribution is 7.89. The van der Waals surface area contributed by atoms with Crippen LogP contribution in [0.15, 0.2) is 64.9 Å². The van der Waals surface area contributed by atoms with Gasteiger partial charge in [-0.25, -0.2) is 13.6 Å². The van der Waals surface area contributed by atoms with E-state index >= 15 is 0 Å². The fourth-order valence-corrected chi connectivity index (χ4v) is 4.04. The van der Waals surface area contributed by atoms with Gasteiger partial charge in [-0.2, -0.15) is 0 Å². The number of hydrogen-bond acceptors (Lipinski definition) is 4. The van der Waals surface area contributed by atoms with Crippen LogP contribution in [0.5, 0.6) is 0 Å². The third kappa shape index (κ3) is 4.82. The molecule has 2 aromatic carbocycles. The van der Waals surface area contributed by atoms with E-state index in [-0.39, 0.29) is 10.8 Å². The number of nitrogens with two attached hydrogens (primary N) is 1. The summed E-state index contributed by atoms with van der Waals surface area (Å²) in [4.78, 5) is 13.3. The maximum absolute atomic E-state index is 12.5. The Labute approximate surface area is 162 Å². The average Bonchev–Trinajstić information content (AvgIpc) is 3.12. The van der Waals surface area contributed by atoms with Crippen molar-refractivity contribution in [2.45, 2.75) is 18.2 Å². The molecule has 1 aromatic heterocycles. The van der Waals surface area contributed by atoms with Crippen LogP contribution in [0.1, 0.15) is 20.8 Å². The van der Waals surface area contributed by atoms with Crippen LogP contribution >= 0.6 is 11.3 Å². The van der Waals surface area contributed by atoms with E-state index in [9.17, 15) is 13.2 Å². The summed E-state index contributed by atoms with van der Waals surface area (Å²) in [6.45, 7) is 2.49. The van der Waals surface area contributed by atoms with Gasteiger partial charge in [-0.1, -0.05) is 42.0 Å². The summed E-state index contributed by atoms with van der Waals surface area (Å²) in [5, 5.41) is 9.93. The third-order valence-electron chi connectivity index (χ3n) is 4.19. The first-order valence-corrected chi connectivity index (χ1v) is 10.8. The van der Waals surface area contributed by atoms with Crippen molar-refractivity contribution in [1.82, 2.24) is 5.32 Å². The first-order valence-electron chi connectivity index (χ1n) is 8.39. The molecule has 0 saturated heterocycles. The number of aryl methyl sites for hydroxylation is 1. The molecular weight excluding hydrogens is 380 g/mol. The second-order valence-electron chi connectivity index (χ2n) is 6.22. The van der Waals surface area contributed by atoms with Gasteiger partial charge in [-0.05, 0) is 48.1 Å². The van der Waals surface area contributed by atoms with Crippen molar-refractivity contribution in [3.63, 3.8) is 0 Å². The van der Waals surface area contributed by atoms with E-state index in [2.05, 4.69) is 5.32 Å². The van der Waals surface area contributed by atoms with E-state index in [1.807, 2.05) is 42.6 Å². The standard InChI is InChI=1S/C20H20N2O3S2/c1-14-2-6-16(7-3-14)18-11-13-26-19(18)20(23)22-12-10-15-4-8-17(9-5-15)27(21,24)25/h2-9,11,13H,10,12H2,1H3,(H,22,23)(H2,21,24,25). The highest BCUT2D eigenvalue weighted by atomic mass is 32.2. The third-order valence-corrected chi connectivity index (χ3v) is 6.03. The molecule has 0 bridgehead atoms. The molecule has 3 aromatic rings. The summed E-state index contributed by atoms with van der Waals surface area (Å²) < 4.78 is 22.5. The van der Waals surface area contributed by atoms with Crippen molar-refractivity contribution < 1.29 is 13.2 Å². The number of benzene rings is 2. The van der Waals surface area contributed by atoms with Crippen LogP contribution in [0.3, 0.4) is 0 Å². The van der Waals surface area contributed by atoms with E-state index < -0.39 is 10.0 Å². The van der Waals surface area contributed by atoms with Crippen LogP contribution in [-0.2, 0) is 16.4 Å². The zero-order chi connectivity index (χ0) is 19.4. The Morgan fingerprint density at radius 3 is 2.33 bits per heavy atom. The summed E-state index contributed by atoms with van der Waals surface area (Å²) in [6.07, 6.45) is 0.599. The van der Waals surface area contributed by atoms with Gasteiger partial charge in [-0.3, -0.25) is 4.79 Å². The summed E-state index contributed by atoms with van der Waals surface area (Å²) >= 11 is 1.41. The number of carbonyl (C=O) groups excluding carboxylic acids is 1. The zero-order valence-electron chi connectivity index (χ0n) is 14.8. The lowest BCUT2D eigenvalue weighted by molar-refractivity contribution is 0.0959. The molecule has 3 rings (SSSR count). The number of nitrogens with one attached hydrogen (secondary N) is 1. The van der Waals surface area contributed by atoms with Crippen LogP contribution in [0, 0.1) is 6.92 Å². The number of thiophene rings is 1. The smallest absolute Gasteiger partial charge is 0.261 e.